The van der Waals surface area contributed by atoms with Gasteiger partial charge in [0.15, 0.2) is 5.01 Å². The Morgan fingerprint density at radius 2 is 1.72 bits per heavy atom. The highest BCUT2D eigenvalue weighted by molar-refractivity contribution is 7.11. The molecule has 0 aliphatic carbocycles. The van der Waals surface area contributed by atoms with E-state index in [1.54, 1.807) is 24.4 Å². The minimum absolute atomic E-state index is 0.00615. The molecule has 2 fully saturated rings. The fourth-order valence-corrected chi connectivity index (χ4v) is 5.77. The fourth-order valence-electron chi connectivity index (χ4n) is 4.92. The zero-order valence-electron chi connectivity index (χ0n) is 19.3. The van der Waals surface area contributed by atoms with Gasteiger partial charge in [-0.1, -0.05) is 11.6 Å². The van der Waals surface area contributed by atoms with E-state index in [9.17, 15) is 14.0 Å². The number of amides is 2. The highest BCUT2D eigenvalue weighted by Gasteiger charge is 2.37. The quantitative estimate of drug-likeness (QED) is 0.403. The van der Waals surface area contributed by atoms with Gasteiger partial charge in [0, 0.05) is 74.2 Å². The molecular weight excluding hydrogens is 501 g/mol. The number of benzene rings is 2. The number of piperazine rings is 1. The number of rotatable bonds is 4. The molecule has 0 radical (unpaired) electrons. The van der Waals surface area contributed by atoms with Crippen molar-refractivity contribution in [2.75, 3.05) is 39.3 Å². The number of likely N-dealkylation sites (tertiary alicyclic amines) is 1. The van der Waals surface area contributed by atoms with Crippen LogP contribution in [0.3, 0.4) is 0 Å². The zero-order valence-corrected chi connectivity index (χ0v) is 20.9. The van der Waals surface area contributed by atoms with Gasteiger partial charge in [0.2, 0.25) is 0 Å². The topological polar surface area (TPSA) is 61.7 Å². The van der Waals surface area contributed by atoms with Crippen LogP contribution in [0.2, 0.25) is 5.02 Å². The van der Waals surface area contributed by atoms with E-state index in [1.807, 2.05) is 38.1 Å². The van der Waals surface area contributed by atoms with Crippen molar-refractivity contribution in [1.29, 1.82) is 0 Å². The number of aromatic nitrogens is 2. The average molecular weight is 524 g/mol. The third-order valence-electron chi connectivity index (χ3n) is 7.00. The van der Waals surface area contributed by atoms with Gasteiger partial charge in [-0.15, -0.1) is 11.3 Å². The number of carbonyl (C=O) groups excluding carboxylic acids is 2. The van der Waals surface area contributed by atoms with Crippen molar-refractivity contribution in [2.45, 2.75) is 6.04 Å². The molecule has 0 bridgehead atoms. The molecule has 6 rings (SSSR count). The molecule has 0 atom stereocenters. The van der Waals surface area contributed by atoms with Crippen LogP contribution in [0.25, 0.3) is 16.6 Å². The third kappa shape index (κ3) is 4.17. The lowest BCUT2D eigenvalue weighted by Crippen LogP contribution is -2.64. The molecule has 4 aromatic rings. The largest absolute Gasteiger partial charge is 0.335 e. The Morgan fingerprint density at radius 3 is 2.42 bits per heavy atom. The maximum atomic E-state index is 13.3. The lowest BCUT2D eigenvalue weighted by molar-refractivity contribution is 0.00855. The molecule has 0 saturated carbocycles. The highest BCUT2D eigenvalue weighted by atomic mass is 35.5. The Labute approximate surface area is 216 Å². The first-order chi connectivity index (χ1) is 17.5. The highest BCUT2D eigenvalue weighted by Crippen LogP contribution is 2.30. The molecule has 10 heteroatoms. The summed E-state index contributed by atoms with van der Waals surface area (Å²) in [5.74, 6) is -0.376. The predicted molar refractivity (Wildman–Crippen MR) is 138 cm³/mol. The van der Waals surface area contributed by atoms with Gasteiger partial charge in [0.1, 0.15) is 5.82 Å². The van der Waals surface area contributed by atoms with Crippen molar-refractivity contribution in [2.24, 2.45) is 0 Å². The van der Waals surface area contributed by atoms with Gasteiger partial charge < -0.3 is 14.4 Å². The van der Waals surface area contributed by atoms with Crippen molar-refractivity contribution in [3.8, 4) is 5.69 Å². The van der Waals surface area contributed by atoms with Gasteiger partial charge in [-0.2, -0.15) is 0 Å². The van der Waals surface area contributed by atoms with Gasteiger partial charge >= 0.3 is 0 Å². The molecule has 36 heavy (non-hydrogen) atoms. The normalized spacial score (nSPS) is 16.9. The molecule has 2 saturated heterocycles. The van der Waals surface area contributed by atoms with Crippen LogP contribution in [-0.4, -0.2) is 81.4 Å². The molecule has 7 nitrogen and oxygen atoms in total. The number of halogens is 2. The first-order valence-corrected chi connectivity index (χ1v) is 13.0. The van der Waals surface area contributed by atoms with Crippen LogP contribution in [0, 0.1) is 5.82 Å². The Morgan fingerprint density at radius 1 is 0.972 bits per heavy atom. The Balaban J connectivity index is 1.09. The predicted octanol–water partition coefficient (Wildman–Crippen LogP) is 4.16. The molecule has 2 aromatic carbocycles. The smallest absolute Gasteiger partial charge is 0.282 e. The maximum Gasteiger partial charge on any atom is 0.282 e. The van der Waals surface area contributed by atoms with Crippen LogP contribution in [-0.2, 0) is 0 Å². The van der Waals surface area contributed by atoms with Gasteiger partial charge in [0.25, 0.3) is 11.8 Å². The molecule has 2 aliphatic rings. The molecule has 0 unspecified atom stereocenters. The van der Waals surface area contributed by atoms with Gasteiger partial charge in [-0.3, -0.25) is 14.5 Å². The van der Waals surface area contributed by atoms with E-state index in [1.165, 1.54) is 23.5 Å². The summed E-state index contributed by atoms with van der Waals surface area (Å²) < 4.78 is 15.2. The second kappa shape index (κ2) is 9.31. The van der Waals surface area contributed by atoms with Crippen molar-refractivity contribution in [3.63, 3.8) is 0 Å². The summed E-state index contributed by atoms with van der Waals surface area (Å²) in [6.45, 7) is 4.18. The summed E-state index contributed by atoms with van der Waals surface area (Å²) in [6.07, 6.45) is 3.54. The minimum Gasteiger partial charge on any atom is -0.335 e. The second-order valence-electron chi connectivity index (χ2n) is 9.08. The third-order valence-corrected chi connectivity index (χ3v) is 8.07. The first kappa shape index (κ1) is 23.1. The SMILES string of the molecule is O=C(c1nccs1)N1CCN(C2CN(C(=O)c3cc4ccn(-c5ccc(F)cc5)c4cc3Cl)C2)CC1. The van der Waals surface area contributed by atoms with Crippen molar-refractivity contribution in [3.05, 3.63) is 81.6 Å². The zero-order chi connectivity index (χ0) is 24.8. The summed E-state index contributed by atoms with van der Waals surface area (Å²) >= 11 is 7.93. The Bertz CT molecular complexity index is 1420. The lowest BCUT2D eigenvalue weighted by atomic mass is 10.0. The second-order valence-corrected chi connectivity index (χ2v) is 10.4. The van der Waals surface area contributed by atoms with E-state index in [2.05, 4.69) is 9.88 Å². The summed E-state index contributed by atoms with van der Waals surface area (Å²) in [5, 5.41) is 3.64. The van der Waals surface area contributed by atoms with Gasteiger partial charge in [0.05, 0.1) is 16.1 Å². The minimum atomic E-state index is -0.292. The molecule has 0 spiro atoms. The summed E-state index contributed by atoms with van der Waals surface area (Å²) in [6, 6.07) is 12.1. The van der Waals surface area contributed by atoms with Crippen LogP contribution in [0.4, 0.5) is 4.39 Å². The number of hydrogen-bond donors (Lipinski definition) is 0. The molecule has 2 aromatic heterocycles. The first-order valence-electron chi connectivity index (χ1n) is 11.8. The summed E-state index contributed by atoms with van der Waals surface area (Å²) in [4.78, 5) is 35.9. The van der Waals surface area contributed by atoms with Crippen LogP contribution < -0.4 is 0 Å². The number of nitrogens with zero attached hydrogens (tertiary/aromatic N) is 5. The van der Waals surface area contributed by atoms with E-state index >= 15 is 0 Å². The van der Waals surface area contributed by atoms with Gasteiger partial charge in [-0.05, 0) is 42.5 Å². The van der Waals surface area contributed by atoms with E-state index < -0.39 is 0 Å². The molecule has 184 valence electrons. The molecule has 2 amide bonds. The van der Waals surface area contributed by atoms with Crippen LogP contribution >= 0.6 is 22.9 Å². The number of carbonyl (C=O) groups is 2. The molecule has 2 aliphatic heterocycles. The van der Waals surface area contributed by atoms with E-state index in [4.69, 9.17) is 11.6 Å². The van der Waals surface area contributed by atoms with Crippen LogP contribution in [0.5, 0.6) is 0 Å². The molecule has 4 heterocycles. The fraction of sp³-hybridized carbons (Fsp3) is 0.269. The summed E-state index contributed by atoms with van der Waals surface area (Å²) in [5.41, 5.74) is 2.16. The summed E-state index contributed by atoms with van der Waals surface area (Å²) in [7, 11) is 0. The van der Waals surface area contributed by atoms with Crippen LogP contribution in [0.1, 0.15) is 20.2 Å². The van der Waals surface area contributed by atoms with E-state index in [0.717, 1.165) is 29.7 Å². The van der Waals surface area contributed by atoms with Crippen molar-refractivity contribution in [1.82, 2.24) is 24.3 Å². The van der Waals surface area contributed by atoms with Crippen LogP contribution in [0.15, 0.2) is 60.2 Å². The van der Waals surface area contributed by atoms with Gasteiger partial charge in [-0.25, -0.2) is 9.37 Å². The van der Waals surface area contributed by atoms with Crippen molar-refractivity contribution >= 4 is 45.7 Å². The number of fused-ring (bicyclic) bond motifs is 1. The maximum absolute atomic E-state index is 13.3. The standard InChI is InChI=1S/C26H23ClFN5O2S/c27-22-14-23-17(5-7-33(23)19-3-1-18(28)2-4-19)13-21(22)25(34)32-15-20(16-32)30-8-10-31(11-9-30)26(35)24-29-6-12-36-24/h1-7,12-14,20H,8-11,15-16H2. The lowest BCUT2D eigenvalue weighted by Gasteiger charge is -2.48. The number of thiazole rings is 1. The average Bonchev–Trinajstić information content (AvgIpc) is 3.53. The van der Waals surface area contributed by atoms with Crippen molar-refractivity contribution < 1.29 is 14.0 Å². The molecule has 0 N–H and O–H groups in total. The number of hydrogen-bond acceptors (Lipinski definition) is 5. The van der Waals surface area contributed by atoms with E-state index in [-0.39, 0.29) is 23.7 Å². The monoisotopic (exact) mass is 523 g/mol. The Hall–Kier alpha value is -3.27. The van der Waals surface area contributed by atoms with E-state index in [0.29, 0.717) is 41.8 Å². The molecular formula is C26H23ClFN5O2S. The Kier molecular flexibility index (Phi) is 5.99.